The quantitative estimate of drug-likeness (QED) is 0.225. The molecular weight excluding hydrogens is 555 g/mol. The predicted octanol–water partition coefficient (Wildman–Crippen LogP) is 5.31. The van der Waals surface area contributed by atoms with Gasteiger partial charge in [0.25, 0.3) is 5.91 Å². The number of carbonyl (C=O) groups excluding carboxylic acids is 1. The lowest BCUT2D eigenvalue weighted by molar-refractivity contribution is 0.0951. The number of nitrogens with one attached hydrogen (secondary N) is 2. The van der Waals surface area contributed by atoms with E-state index in [4.69, 9.17) is 19.4 Å². The maximum Gasteiger partial charge on any atom is 0.271 e. The van der Waals surface area contributed by atoms with Gasteiger partial charge in [0.2, 0.25) is 5.95 Å². The van der Waals surface area contributed by atoms with Gasteiger partial charge < -0.3 is 25.0 Å². The van der Waals surface area contributed by atoms with E-state index in [9.17, 15) is 9.18 Å². The first kappa shape index (κ1) is 27.4. The molecule has 9 nitrogen and oxygen atoms in total. The minimum atomic E-state index is -0.361. The molecule has 5 aromatic rings. The lowest BCUT2D eigenvalue weighted by Crippen LogP contribution is -2.32. The van der Waals surface area contributed by atoms with Crippen LogP contribution in [-0.4, -0.2) is 54.7 Å². The number of ether oxygens (including phenoxy) is 2. The van der Waals surface area contributed by atoms with E-state index in [2.05, 4.69) is 26.6 Å². The third kappa shape index (κ3) is 5.55. The zero-order chi connectivity index (χ0) is 29.1. The van der Waals surface area contributed by atoms with Gasteiger partial charge in [-0.3, -0.25) is 4.79 Å². The Kier molecular flexibility index (Phi) is 7.83. The van der Waals surface area contributed by atoms with E-state index in [0.717, 1.165) is 35.4 Å². The molecule has 0 radical (unpaired) electrons. The number of hydrogen-bond donors (Lipinski definition) is 2. The molecule has 6 rings (SSSR count). The van der Waals surface area contributed by atoms with Crippen molar-refractivity contribution >= 4 is 39.9 Å². The first-order chi connectivity index (χ1) is 20.5. The van der Waals surface area contributed by atoms with Crippen molar-refractivity contribution in [2.24, 2.45) is 0 Å². The van der Waals surface area contributed by atoms with Gasteiger partial charge in [-0.15, -0.1) is 11.3 Å². The zero-order valence-electron chi connectivity index (χ0n) is 23.2. The van der Waals surface area contributed by atoms with Crippen molar-refractivity contribution in [2.75, 3.05) is 44.1 Å². The second-order valence-corrected chi connectivity index (χ2v) is 10.6. The van der Waals surface area contributed by atoms with Crippen LogP contribution in [-0.2, 0) is 13.0 Å². The molecule has 1 amide bonds. The van der Waals surface area contributed by atoms with Crippen LogP contribution < -0.4 is 25.0 Å². The van der Waals surface area contributed by atoms with Crippen molar-refractivity contribution in [1.29, 1.82) is 0 Å². The molecule has 42 heavy (non-hydrogen) atoms. The van der Waals surface area contributed by atoms with E-state index in [1.807, 2.05) is 30.3 Å². The van der Waals surface area contributed by atoms with Crippen LogP contribution in [0.5, 0.6) is 11.5 Å². The summed E-state index contributed by atoms with van der Waals surface area (Å²) in [5, 5.41) is 7.11. The molecule has 1 aliphatic heterocycles. The molecule has 11 heteroatoms. The number of anilines is 2. The highest BCUT2D eigenvalue weighted by Gasteiger charge is 2.23. The number of halogens is 1. The molecule has 0 fully saturated rings. The summed E-state index contributed by atoms with van der Waals surface area (Å²) in [6, 6.07) is 18.2. The Morgan fingerprint density at radius 2 is 1.81 bits per heavy atom. The summed E-state index contributed by atoms with van der Waals surface area (Å²) in [6.07, 6.45) is 0.844. The number of carbonyl (C=O) groups is 1. The van der Waals surface area contributed by atoms with Crippen molar-refractivity contribution in [3.63, 3.8) is 0 Å². The van der Waals surface area contributed by atoms with Crippen molar-refractivity contribution in [3.8, 4) is 21.9 Å². The van der Waals surface area contributed by atoms with E-state index >= 15 is 0 Å². The van der Waals surface area contributed by atoms with Crippen molar-refractivity contribution in [3.05, 3.63) is 88.8 Å². The van der Waals surface area contributed by atoms with Gasteiger partial charge in [0.15, 0.2) is 11.5 Å². The molecule has 2 aromatic heterocycles. The van der Waals surface area contributed by atoms with Crippen LogP contribution in [0.15, 0.2) is 66.2 Å². The fourth-order valence-corrected chi connectivity index (χ4v) is 5.90. The van der Waals surface area contributed by atoms with Gasteiger partial charge in [0.1, 0.15) is 17.3 Å². The molecule has 0 saturated heterocycles. The first-order valence-electron chi connectivity index (χ1n) is 13.5. The fraction of sp³-hybridized carbons (Fsp3) is 0.226. The van der Waals surface area contributed by atoms with Gasteiger partial charge in [0, 0.05) is 31.6 Å². The SMILES string of the molecule is COc1cc2c(cc1OC)CN(c1nc(NCCNC(=O)c3ncsc3-c3cccc(F)c3)nc3ccccc13)CC2. The van der Waals surface area contributed by atoms with E-state index in [1.54, 1.807) is 31.9 Å². The fourth-order valence-electron chi connectivity index (χ4n) is 5.12. The molecule has 0 atom stereocenters. The van der Waals surface area contributed by atoms with Crippen LogP contribution in [0.1, 0.15) is 21.6 Å². The van der Waals surface area contributed by atoms with Crippen molar-refractivity contribution < 1.29 is 18.7 Å². The molecule has 214 valence electrons. The minimum Gasteiger partial charge on any atom is -0.493 e. The maximum absolute atomic E-state index is 13.7. The van der Waals surface area contributed by atoms with E-state index in [0.29, 0.717) is 41.8 Å². The van der Waals surface area contributed by atoms with Crippen LogP contribution in [0.3, 0.4) is 0 Å². The topological polar surface area (TPSA) is 102 Å². The number of thiazole rings is 1. The Balaban J connectivity index is 1.16. The summed E-state index contributed by atoms with van der Waals surface area (Å²) in [7, 11) is 3.29. The van der Waals surface area contributed by atoms with E-state index in [1.165, 1.54) is 34.6 Å². The highest BCUT2D eigenvalue weighted by atomic mass is 32.1. The Hall–Kier alpha value is -4.77. The standard InChI is InChI=1S/C31H29FN6O3S/c1-40-25-15-19-10-13-38(17-21(19)16-26(25)41-2)29-23-8-3-4-9-24(23)36-31(37-29)34-12-11-33-30(39)27-28(42-18-35-27)20-6-5-7-22(32)14-20/h3-9,14-16,18H,10-13,17H2,1-2H3,(H,33,39)(H,34,36,37). The average Bonchev–Trinajstić information content (AvgIpc) is 3.52. The van der Waals surface area contributed by atoms with Gasteiger partial charge in [-0.05, 0) is 59.5 Å². The molecule has 2 N–H and O–H groups in total. The lowest BCUT2D eigenvalue weighted by Gasteiger charge is -2.31. The van der Waals surface area contributed by atoms with Crippen LogP contribution in [0.4, 0.5) is 16.2 Å². The van der Waals surface area contributed by atoms with Crippen molar-refractivity contribution in [2.45, 2.75) is 13.0 Å². The second-order valence-electron chi connectivity index (χ2n) is 9.76. The highest BCUT2D eigenvalue weighted by molar-refractivity contribution is 7.13. The molecule has 3 aromatic carbocycles. The largest absolute Gasteiger partial charge is 0.493 e. The van der Waals surface area contributed by atoms with Crippen LogP contribution in [0.25, 0.3) is 21.3 Å². The molecule has 3 heterocycles. The highest BCUT2D eigenvalue weighted by Crippen LogP contribution is 2.36. The monoisotopic (exact) mass is 584 g/mol. The van der Waals surface area contributed by atoms with Crippen LogP contribution >= 0.6 is 11.3 Å². The van der Waals surface area contributed by atoms with Crippen LogP contribution in [0.2, 0.25) is 0 Å². The summed E-state index contributed by atoms with van der Waals surface area (Å²) in [5.41, 5.74) is 5.71. The number of fused-ring (bicyclic) bond motifs is 2. The Labute approximate surface area is 246 Å². The molecule has 0 spiro atoms. The van der Waals surface area contributed by atoms with Gasteiger partial charge in [-0.2, -0.15) is 4.98 Å². The third-order valence-corrected chi connectivity index (χ3v) is 8.04. The summed E-state index contributed by atoms with van der Waals surface area (Å²) in [4.78, 5) is 29.6. The second kappa shape index (κ2) is 12.0. The average molecular weight is 585 g/mol. The Morgan fingerprint density at radius 1 is 1.00 bits per heavy atom. The van der Waals surface area contributed by atoms with E-state index < -0.39 is 0 Å². The predicted molar refractivity (Wildman–Crippen MR) is 162 cm³/mol. The minimum absolute atomic E-state index is 0.273. The van der Waals surface area contributed by atoms with Gasteiger partial charge in [0.05, 0.1) is 30.1 Å². The number of amides is 1. The normalized spacial score (nSPS) is 12.6. The van der Waals surface area contributed by atoms with E-state index in [-0.39, 0.29) is 17.4 Å². The molecular formula is C31H29FN6O3S. The number of methoxy groups -OCH3 is 2. The van der Waals surface area contributed by atoms with Crippen molar-refractivity contribution in [1.82, 2.24) is 20.3 Å². The summed E-state index contributed by atoms with van der Waals surface area (Å²) in [5.74, 6) is 2.07. The molecule has 1 aliphatic rings. The molecule has 0 unspecified atom stereocenters. The first-order valence-corrected chi connectivity index (χ1v) is 14.4. The number of hydrogen-bond acceptors (Lipinski definition) is 9. The number of aromatic nitrogens is 3. The Morgan fingerprint density at radius 3 is 2.62 bits per heavy atom. The Bertz CT molecular complexity index is 1760. The van der Waals surface area contributed by atoms with Gasteiger partial charge in [-0.1, -0.05) is 24.3 Å². The third-order valence-electron chi connectivity index (χ3n) is 7.16. The van der Waals surface area contributed by atoms with Crippen LogP contribution in [0, 0.1) is 5.82 Å². The summed E-state index contributed by atoms with van der Waals surface area (Å²) in [6.45, 7) is 2.19. The zero-order valence-corrected chi connectivity index (χ0v) is 24.0. The number of rotatable bonds is 9. The number of nitrogens with zero attached hydrogens (tertiary/aromatic N) is 4. The maximum atomic E-state index is 13.7. The van der Waals surface area contributed by atoms with Gasteiger partial charge >= 0.3 is 0 Å². The smallest absolute Gasteiger partial charge is 0.271 e. The summed E-state index contributed by atoms with van der Waals surface area (Å²) >= 11 is 1.30. The number of para-hydroxylation sites is 1. The van der Waals surface area contributed by atoms with Gasteiger partial charge in [-0.25, -0.2) is 14.4 Å². The number of benzene rings is 3. The molecule has 0 aliphatic carbocycles. The lowest BCUT2D eigenvalue weighted by atomic mass is 9.98. The molecule has 0 bridgehead atoms. The molecule has 0 saturated carbocycles. The summed E-state index contributed by atoms with van der Waals surface area (Å²) < 4.78 is 24.7.